The van der Waals surface area contributed by atoms with Gasteiger partial charge in [0.25, 0.3) is 0 Å². The standard InChI is InChI=1S/C34H46N2O9Si/c1-32(2,3)45-31(40)36-26-27(36)29(38)35-23-15-22(30(39)41-7)16-24(43-17-21-13-11-10-12-14-21)25(23)34(18-37,28(26)35)19-42-20-44-46(8,9)33(4,5)6/h10-16,18,26-29,38H,17,19-20H2,1-9H3/t26-,27+,28?,29?,34-,36?/m0/s1. The maximum Gasteiger partial charge on any atom is 0.411 e. The molecule has 2 aromatic carbocycles. The highest BCUT2D eigenvalue weighted by atomic mass is 28.4. The number of benzene rings is 2. The Morgan fingerprint density at radius 3 is 2.30 bits per heavy atom. The van der Waals surface area contributed by atoms with Gasteiger partial charge in [0.1, 0.15) is 48.7 Å². The van der Waals surface area contributed by atoms with E-state index >= 15 is 0 Å². The van der Waals surface area contributed by atoms with Crippen molar-refractivity contribution in [3.8, 4) is 5.75 Å². The van der Waals surface area contributed by atoms with Gasteiger partial charge in [-0.2, -0.15) is 0 Å². The first-order valence-corrected chi connectivity index (χ1v) is 18.5. The van der Waals surface area contributed by atoms with Gasteiger partial charge in [-0.05, 0) is 56.6 Å². The van der Waals surface area contributed by atoms with Crippen LogP contribution in [0.5, 0.6) is 5.75 Å². The van der Waals surface area contributed by atoms with Crippen molar-refractivity contribution in [2.45, 2.75) is 102 Å². The lowest BCUT2D eigenvalue weighted by Crippen LogP contribution is -2.54. The van der Waals surface area contributed by atoms with Gasteiger partial charge in [0, 0.05) is 11.3 Å². The van der Waals surface area contributed by atoms with Crippen LogP contribution in [0.15, 0.2) is 42.5 Å². The maximum atomic E-state index is 13.6. The number of rotatable bonds is 10. The lowest BCUT2D eigenvalue weighted by Gasteiger charge is -2.37. The molecule has 2 fully saturated rings. The molecule has 5 atom stereocenters. The molecule has 250 valence electrons. The van der Waals surface area contributed by atoms with Gasteiger partial charge in [-0.25, -0.2) is 9.59 Å². The van der Waals surface area contributed by atoms with Crippen LogP contribution in [0.1, 0.15) is 63.0 Å². The van der Waals surface area contributed by atoms with Crippen molar-refractivity contribution >= 4 is 32.4 Å². The molecule has 0 aliphatic carbocycles. The summed E-state index contributed by atoms with van der Waals surface area (Å²) in [5, 5.41) is 11.6. The van der Waals surface area contributed by atoms with Gasteiger partial charge in [0.2, 0.25) is 0 Å². The number of methoxy groups -OCH3 is 1. The van der Waals surface area contributed by atoms with Crippen LogP contribution < -0.4 is 9.64 Å². The van der Waals surface area contributed by atoms with E-state index in [2.05, 4.69) is 33.9 Å². The summed E-state index contributed by atoms with van der Waals surface area (Å²) in [6, 6.07) is 10.8. The van der Waals surface area contributed by atoms with Crippen molar-refractivity contribution < 1.29 is 42.9 Å². The van der Waals surface area contributed by atoms with E-state index in [1.807, 2.05) is 30.3 Å². The average molecular weight is 655 g/mol. The molecule has 0 bridgehead atoms. The second-order valence-corrected chi connectivity index (χ2v) is 19.6. The molecule has 1 N–H and O–H groups in total. The van der Waals surface area contributed by atoms with E-state index in [0.717, 1.165) is 11.8 Å². The number of carbonyl (C=O) groups excluding carboxylic acids is 3. The van der Waals surface area contributed by atoms with E-state index in [0.29, 0.717) is 11.3 Å². The predicted molar refractivity (Wildman–Crippen MR) is 173 cm³/mol. The fraction of sp³-hybridized carbons (Fsp3) is 0.559. The van der Waals surface area contributed by atoms with Crippen LogP contribution in [0.3, 0.4) is 0 Å². The number of amides is 1. The van der Waals surface area contributed by atoms with Crippen molar-refractivity contribution in [2.24, 2.45) is 0 Å². The summed E-state index contributed by atoms with van der Waals surface area (Å²) in [6.07, 6.45) is -0.937. The number of ether oxygens (including phenoxy) is 4. The quantitative estimate of drug-likeness (QED) is 0.0936. The Kier molecular flexibility index (Phi) is 8.82. The average Bonchev–Trinajstić information content (AvgIpc) is 3.56. The summed E-state index contributed by atoms with van der Waals surface area (Å²) in [7, 11) is -0.889. The van der Waals surface area contributed by atoms with Gasteiger partial charge < -0.3 is 38.2 Å². The highest BCUT2D eigenvalue weighted by Crippen LogP contribution is 2.60. The predicted octanol–water partition coefficient (Wildman–Crippen LogP) is 4.99. The van der Waals surface area contributed by atoms with Crippen molar-refractivity contribution in [1.82, 2.24) is 4.90 Å². The smallest absolute Gasteiger partial charge is 0.411 e. The maximum absolute atomic E-state index is 13.6. The zero-order valence-electron chi connectivity index (χ0n) is 28.2. The minimum Gasteiger partial charge on any atom is -0.488 e. The minimum atomic E-state index is -2.17. The topological polar surface area (TPSA) is 124 Å². The Labute approximate surface area is 271 Å². The van der Waals surface area contributed by atoms with Crippen LogP contribution in [-0.2, 0) is 35.5 Å². The SMILES string of the molecule is COC(=O)c1cc(OCc2ccccc2)c2c(c1)N1C(O)[C@H]3[C@@H](C1[C@@]2(C=O)COCO[Si](C)(C)C(C)(C)C)N3C(=O)OC(C)(C)C. The number of fused-ring (bicyclic) bond motifs is 5. The second kappa shape index (κ2) is 12.0. The van der Waals surface area contributed by atoms with Crippen molar-refractivity contribution in [3.05, 3.63) is 59.2 Å². The first kappa shape index (κ1) is 33.9. The highest BCUT2D eigenvalue weighted by molar-refractivity contribution is 6.74. The second-order valence-electron chi connectivity index (χ2n) is 14.8. The van der Waals surface area contributed by atoms with E-state index < -0.39 is 55.7 Å². The number of aliphatic hydroxyl groups excluding tert-OH is 1. The van der Waals surface area contributed by atoms with E-state index in [4.69, 9.17) is 23.4 Å². The van der Waals surface area contributed by atoms with E-state index in [9.17, 15) is 19.5 Å². The van der Waals surface area contributed by atoms with E-state index in [-0.39, 0.29) is 36.4 Å². The molecule has 1 amide bonds. The zero-order valence-corrected chi connectivity index (χ0v) is 29.2. The van der Waals surface area contributed by atoms with Crippen molar-refractivity contribution in [1.29, 1.82) is 0 Å². The third-order valence-electron chi connectivity index (χ3n) is 9.59. The molecular formula is C34H46N2O9Si. The number of aldehydes is 1. The Bertz CT molecular complexity index is 1490. The van der Waals surface area contributed by atoms with Crippen molar-refractivity contribution in [3.63, 3.8) is 0 Å². The molecule has 12 heteroatoms. The number of nitrogens with zero attached hydrogens (tertiary/aromatic N) is 2. The molecule has 0 radical (unpaired) electrons. The summed E-state index contributed by atoms with van der Waals surface area (Å²) in [5.41, 5.74) is -0.158. The summed E-state index contributed by atoms with van der Waals surface area (Å²) in [6.45, 7) is 15.9. The van der Waals surface area contributed by atoms with Gasteiger partial charge in [-0.3, -0.25) is 4.90 Å². The van der Waals surface area contributed by atoms with E-state index in [1.165, 1.54) is 12.0 Å². The number of hydrogen-bond donors (Lipinski definition) is 1. The van der Waals surface area contributed by atoms with Gasteiger partial charge >= 0.3 is 12.1 Å². The molecule has 0 aromatic heterocycles. The van der Waals surface area contributed by atoms with Crippen molar-refractivity contribution in [2.75, 3.05) is 25.4 Å². The molecule has 0 saturated carbocycles. The number of aliphatic hydroxyl groups is 1. The minimum absolute atomic E-state index is 0.0407. The molecule has 3 heterocycles. The van der Waals surface area contributed by atoms with Crippen LogP contribution in [0.2, 0.25) is 18.1 Å². The normalized spacial score (nSPS) is 25.0. The fourth-order valence-corrected chi connectivity index (χ4v) is 7.08. The number of piperazine rings is 1. The Morgan fingerprint density at radius 1 is 1.04 bits per heavy atom. The molecule has 3 aliphatic rings. The molecule has 46 heavy (non-hydrogen) atoms. The summed E-state index contributed by atoms with van der Waals surface area (Å²) in [4.78, 5) is 42.9. The number of esters is 1. The largest absolute Gasteiger partial charge is 0.488 e. The Morgan fingerprint density at radius 2 is 1.72 bits per heavy atom. The van der Waals surface area contributed by atoms with E-state index in [1.54, 1.807) is 37.8 Å². The zero-order chi connectivity index (χ0) is 33.8. The van der Waals surface area contributed by atoms with Gasteiger partial charge in [0.15, 0.2) is 8.32 Å². The van der Waals surface area contributed by atoms with Gasteiger partial charge in [-0.1, -0.05) is 51.1 Å². The summed E-state index contributed by atoms with van der Waals surface area (Å²) in [5.74, 6) is -0.314. The highest BCUT2D eigenvalue weighted by Gasteiger charge is 2.76. The molecule has 2 aromatic rings. The molecule has 0 spiro atoms. The van der Waals surface area contributed by atoms with Gasteiger partial charge in [-0.15, -0.1) is 0 Å². The summed E-state index contributed by atoms with van der Waals surface area (Å²) >= 11 is 0. The Balaban J connectivity index is 1.58. The molecule has 2 unspecified atom stereocenters. The first-order chi connectivity index (χ1) is 21.5. The number of anilines is 1. The van der Waals surface area contributed by atoms with Crippen LogP contribution in [0, 0.1) is 0 Å². The molecule has 2 saturated heterocycles. The lowest BCUT2D eigenvalue weighted by atomic mass is 9.76. The molecule has 11 nitrogen and oxygen atoms in total. The van der Waals surface area contributed by atoms with Crippen LogP contribution in [0.4, 0.5) is 10.5 Å². The van der Waals surface area contributed by atoms with Crippen LogP contribution in [0.25, 0.3) is 0 Å². The Hall–Kier alpha value is -3.45. The van der Waals surface area contributed by atoms with Crippen LogP contribution >= 0.6 is 0 Å². The molecule has 5 rings (SSSR count). The number of hydrogen-bond acceptors (Lipinski definition) is 10. The fourth-order valence-electron chi connectivity index (χ4n) is 6.27. The van der Waals surface area contributed by atoms with Crippen LogP contribution in [-0.4, -0.2) is 87.1 Å². The lowest BCUT2D eigenvalue weighted by molar-refractivity contribution is -0.117. The molecule has 3 aliphatic heterocycles. The first-order valence-electron chi connectivity index (χ1n) is 15.6. The third kappa shape index (κ3) is 5.91. The summed E-state index contributed by atoms with van der Waals surface area (Å²) < 4.78 is 29.5. The monoisotopic (exact) mass is 654 g/mol. The third-order valence-corrected chi connectivity index (χ3v) is 14.0. The number of carbonyl (C=O) groups is 3. The molecular weight excluding hydrogens is 608 g/mol. The van der Waals surface area contributed by atoms with Gasteiger partial charge in [0.05, 0.1) is 31.4 Å².